The van der Waals surface area contributed by atoms with Crippen molar-refractivity contribution in [1.29, 1.82) is 0 Å². The van der Waals surface area contributed by atoms with Crippen molar-refractivity contribution in [3.8, 4) is 0 Å². The minimum atomic E-state index is -0.717. The minimum absolute atomic E-state index is 0.0869. The highest BCUT2D eigenvalue weighted by atomic mass is 35.5. The molecule has 0 radical (unpaired) electrons. The zero-order valence-electron chi connectivity index (χ0n) is 16.3. The van der Waals surface area contributed by atoms with Crippen molar-refractivity contribution in [2.75, 3.05) is 20.1 Å². The van der Waals surface area contributed by atoms with Gasteiger partial charge in [-0.25, -0.2) is 0 Å². The maximum atomic E-state index is 11.9. The summed E-state index contributed by atoms with van der Waals surface area (Å²) in [7, 11) is 1.62. The summed E-state index contributed by atoms with van der Waals surface area (Å²) in [6.45, 7) is 2.45. The molecule has 29 heavy (non-hydrogen) atoms. The second kappa shape index (κ2) is 7.78. The van der Waals surface area contributed by atoms with E-state index in [2.05, 4.69) is 10.2 Å². The molecular weight excluding hydrogens is 390 g/mol. The maximum absolute atomic E-state index is 11.9. The molecule has 2 aliphatic rings. The number of carbonyl (C=O) groups is 2. The van der Waals surface area contributed by atoms with E-state index in [0.717, 1.165) is 49.2 Å². The average Bonchev–Trinajstić information content (AvgIpc) is 3.03. The molecule has 2 aliphatic heterocycles. The van der Waals surface area contributed by atoms with Crippen LogP contribution in [0.15, 0.2) is 42.5 Å². The molecule has 0 saturated carbocycles. The number of nitrogens with one attached hydrogen (secondary N) is 1. The van der Waals surface area contributed by atoms with Crippen molar-refractivity contribution in [1.82, 2.24) is 10.2 Å². The molecule has 2 amide bonds. The predicted octanol–water partition coefficient (Wildman–Crippen LogP) is 2.75. The lowest BCUT2D eigenvalue weighted by Crippen LogP contribution is -2.42. The highest BCUT2D eigenvalue weighted by Gasteiger charge is 2.48. The quantitative estimate of drug-likeness (QED) is 0.807. The Labute approximate surface area is 175 Å². The molecule has 6 nitrogen and oxygen atoms in total. The Hall–Kier alpha value is -2.41. The number of hydrogen-bond donors (Lipinski definition) is 2. The van der Waals surface area contributed by atoms with Crippen LogP contribution in [-0.2, 0) is 21.7 Å². The number of carbonyl (C=O) groups excluding carboxylic acids is 2. The minimum Gasteiger partial charge on any atom is -0.367 e. The number of nitrogens with zero attached hydrogens (tertiary/aromatic N) is 1. The summed E-state index contributed by atoms with van der Waals surface area (Å²) in [5.41, 5.74) is 8.69. The molecule has 1 unspecified atom stereocenters. The predicted molar refractivity (Wildman–Crippen MR) is 110 cm³/mol. The summed E-state index contributed by atoms with van der Waals surface area (Å²) in [6.07, 6.45) is 0.812. The zero-order chi connectivity index (χ0) is 20.6. The molecule has 3 N–H and O–H groups in total. The molecule has 1 atom stereocenters. The van der Waals surface area contributed by atoms with Gasteiger partial charge in [-0.15, -0.1) is 0 Å². The van der Waals surface area contributed by atoms with Gasteiger partial charge >= 0.3 is 0 Å². The van der Waals surface area contributed by atoms with Crippen LogP contribution in [-0.4, -0.2) is 36.9 Å². The van der Waals surface area contributed by atoms with Crippen LogP contribution >= 0.6 is 11.6 Å². The van der Waals surface area contributed by atoms with E-state index in [1.54, 1.807) is 13.1 Å². The van der Waals surface area contributed by atoms with Crippen molar-refractivity contribution in [3.63, 3.8) is 0 Å². The number of nitrogens with two attached hydrogens (primary N) is 1. The van der Waals surface area contributed by atoms with Gasteiger partial charge in [0.1, 0.15) is 0 Å². The molecule has 0 bridgehead atoms. The van der Waals surface area contributed by atoms with Gasteiger partial charge < -0.3 is 15.8 Å². The van der Waals surface area contributed by atoms with Crippen LogP contribution in [0.1, 0.15) is 46.0 Å². The lowest BCUT2D eigenvalue weighted by atomic mass is 9.83. The van der Waals surface area contributed by atoms with E-state index in [0.29, 0.717) is 10.6 Å². The second-order valence-corrected chi connectivity index (χ2v) is 8.11. The van der Waals surface area contributed by atoms with Crippen molar-refractivity contribution in [2.45, 2.75) is 31.1 Å². The van der Waals surface area contributed by atoms with Gasteiger partial charge in [-0.05, 0) is 53.8 Å². The van der Waals surface area contributed by atoms with Gasteiger partial charge in [0.25, 0.3) is 11.8 Å². The number of fused-ring (bicyclic) bond motifs is 2. The van der Waals surface area contributed by atoms with Crippen molar-refractivity contribution in [3.05, 3.63) is 69.7 Å². The number of likely N-dealkylation sites (tertiary alicyclic amines) is 1. The highest BCUT2D eigenvalue weighted by molar-refractivity contribution is 6.30. The van der Waals surface area contributed by atoms with Crippen LogP contribution in [0.5, 0.6) is 0 Å². The Balaban J connectivity index is 1.46. The third kappa shape index (κ3) is 3.75. The van der Waals surface area contributed by atoms with Gasteiger partial charge in [0.05, 0.1) is 5.60 Å². The Morgan fingerprint density at radius 2 is 1.90 bits per heavy atom. The molecule has 1 saturated heterocycles. The summed E-state index contributed by atoms with van der Waals surface area (Å²) in [4.78, 5) is 25.9. The molecule has 0 aromatic heterocycles. The largest absolute Gasteiger partial charge is 0.367 e. The van der Waals surface area contributed by atoms with Crippen molar-refractivity contribution in [2.24, 2.45) is 5.73 Å². The molecule has 152 valence electrons. The second-order valence-electron chi connectivity index (χ2n) is 7.68. The van der Waals surface area contributed by atoms with Crippen LogP contribution < -0.4 is 11.1 Å². The number of ether oxygens (including phenoxy) is 1. The summed E-state index contributed by atoms with van der Waals surface area (Å²) in [6, 6.07) is 13.2. The van der Waals surface area contributed by atoms with E-state index in [9.17, 15) is 9.59 Å². The molecule has 2 aromatic carbocycles. The number of halogens is 1. The van der Waals surface area contributed by atoms with E-state index in [-0.39, 0.29) is 5.91 Å². The standard InChI is InChI=1S/C22H24ClN3O3/c1-25-21(28)15-4-2-14(3-5-15)13-26-10-8-22(9-11-26)18-12-16(23)6-7-17(18)19(29-22)20(24)27/h2-7,12,19H,8-11,13H2,1H3,(H2,24,27)(H,25,28). The number of rotatable bonds is 4. The number of hydrogen-bond acceptors (Lipinski definition) is 4. The molecule has 7 heteroatoms. The van der Waals surface area contributed by atoms with Crippen LogP contribution in [0.3, 0.4) is 0 Å². The molecule has 2 heterocycles. The maximum Gasteiger partial charge on any atom is 0.251 e. The molecule has 1 spiro atoms. The van der Waals surface area contributed by atoms with Gasteiger partial charge in [0.2, 0.25) is 0 Å². The fourth-order valence-electron chi connectivity index (χ4n) is 4.34. The zero-order valence-corrected chi connectivity index (χ0v) is 17.0. The first kappa shape index (κ1) is 19.9. The van der Waals surface area contributed by atoms with Gasteiger partial charge in [-0.3, -0.25) is 14.5 Å². The van der Waals surface area contributed by atoms with Crippen LogP contribution in [0, 0.1) is 0 Å². The number of benzene rings is 2. The topological polar surface area (TPSA) is 84.7 Å². The van der Waals surface area contributed by atoms with Crippen LogP contribution in [0.25, 0.3) is 0 Å². The smallest absolute Gasteiger partial charge is 0.251 e. The fraction of sp³-hybridized carbons (Fsp3) is 0.364. The normalized spacial score (nSPS) is 20.4. The molecular formula is C22H24ClN3O3. The fourth-order valence-corrected chi connectivity index (χ4v) is 4.51. The van der Waals surface area contributed by atoms with Crippen LogP contribution in [0.2, 0.25) is 5.02 Å². The Morgan fingerprint density at radius 3 is 2.52 bits per heavy atom. The van der Waals surface area contributed by atoms with Crippen molar-refractivity contribution >= 4 is 23.4 Å². The monoisotopic (exact) mass is 413 g/mol. The number of primary amides is 1. The van der Waals surface area contributed by atoms with Gasteiger partial charge in [-0.1, -0.05) is 29.8 Å². The van der Waals surface area contributed by atoms with Gasteiger partial charge in [-0.2, -0.15) is 0 Å². The summed E-state index contributed by atoms with van der Waals surface area (Å²) >= 11 is 6.22. The average molecular weight is 414 g/mol. The molecule has 1 fully saturated rings. The van der Waals surface area contributed by atoms with Crippen molar-refractivity contribution < 1.29 is 14.3 Å². The molecule has 0 aliphatic carbocycles. The molecule has 4 rings (SSSR count). The van der Waals surface area contributed by atoms with E-state index >= 15 is 0 Å². The lowest BCUT2D eigenvalue weighted by Gasteiger charge is -2.39. The molecule has 2 aromatic rings. The van der Waals surface area contributed by atoms with E-state index in [4.69, 9.17) is 22.1 Å². The first-order valence-corrected chi connectivity index (χ1v) is 10.1. The van der Waals surface area contributed by atoms with E-state index in [1.165, 1.54) is 0 Å². The number of piperidine rings is 1. The van der Waals surface area contributed by atoms with Gasteiger partial charge in [0, 0.05) is 37.3 Å². The third-order valence-electron chi connectivity index (χ3n) is 5.90. The van der Waals surface area contributed by atoms with E-state index < -0.39 is 17.6 Å². The Kier molecular flexibility index (Phi) is 5.34. The first-order valence-electron chi connectivity index (χ1n) is 9.72. The van der Waals surface area contributed by atoms with E-state index in [1.807, 2.05) is 36.4 Å². The van der Waals surface area contributed by atoms with Crippen LogP contribution in [0.4, 0.5) is 0 Å². The van der Waals surface area contributed by atoms with Gasteiger partial charge in [0.15, 0.2) is 6.10 Å². The lowest BCUT2D eigenvalue weighted by molar-refractivity contribution is -0.148. The Morgan fingerprint density at radius 1 is 1.21 bits per heavy atom. The first-order chi connectivity index (χ1) is 13.9. The number of amides is 2. The highest BCUT2D eigenvalue weighted by Crippen LogP contribution is 2.50. The Bertz CT molecular complexity index is 937. The summed E-state index contributed by atoms with van der Waals surface area (Å²) in [5, 5.41) is 3.26. The SMILES string of the molecule is CNC(=O)c1ccc(CN2CCC3(CC2)OC(C(N)=O)c2ccc(Cl)cc23)cc1. The summed E-state index contributed by atoms with van der Waals surface area (Å²) in [5.74, 6) is -0.555. The summed E-state index contributed by atoms with van der Waals surface area (Å²) < 4.78 is 6.23. The third-order valence-corrected chi connectivity index (χ3v) is 6.14.